The van der Waals surface area contributed by atoms with Crippen molar-refractivity contribution in [2.24, 2.45) is 11.8 Å². The number of rotatable bonds is 2. The second-order valence-electron chi connectivity index (χ2n) is 5.52. The molecule has 1 saturated carbocycles. The normalized spacial score (nSPS) is 33.4. The Morgan fingerprint density at radius 3 is 2.65 bits per heavy atom. The van der Waals surface area contributed by atoms with Gasteiger partial charge in [0.15, 0.2) is 0 Å². The summed E-state index contributed by atoms with van der Waals surface area (Å²) in [5.41, 5.74) is 1.19. The van der Waals surface area contributed by atoms with Crippen LogP contribution in [0.4, 0.5) is 0 Å². The van der Waals surface area contributed by atoms with Crippen molar-refractivity contribution in [2.75, 3.05) is 0 Å². The average Bonchev–Trinajstić information content (AvgIpc) is 2.23. The summed E-state index contributed by atoms with van der Waals surface area (Å²) >= 11 is 0. The van der Waals surface area contributed by atoms with Crippen LogP contribution in [0.15, 0.2) is 24.3 Å². The highest BCUT2D eigenvalue weighted by atomic mass is 16.5. The number of aryl methyl sites for hydroxylation is 1. The number of aliphatic hydroxyl groups excluding tert-OH is 1. The summed E-state index contributed by atoms with van der Waals surface area (Å²) in [5, 5.41) is 10.1. The van der Waals surface area contributed by atoms with E-state index in [1.807, 2.05) is 18.2 Å². The molecule has 2 heteroatoms. The maximum atomic E-state index is 10.1. The lowest BCUT2D eigenvalue weighted by Gasteiger charge is -2.36. The largest absolute Gasteiger partial charge is 0.487 e. The minimum atomic E-state index is -0.339. The predicted molar refractivity (Wildman–Crippen MR) is 69.2 cm³/mol. The Balaban J connectivity index is 2.07. The molecular formula is C15H22O2. The second-order valence-corrected chi connectivity index (χ2v) is 5.52. The van der Waals surface area contributed by atoms with Crippen LogP contribution in [-0.2, 0) is 0 Å². The first-order chi connectivity index (χ1) is 8.06. The Kier molecular flexibility index (Phi) is 3.72. The van der Waals surface area contributed by atoms with Gasteiger partial charge in [-0.15, -0.1) is 0 Å². The number of ether oxygens (including phenoxy) is 1. The molecule has 0 heterocycles. The monoisotopic (exact) mass is 234 g/mol. The molecule has 4 unspecified atom stereocenters. The standard InChI is InChI=1S/C15H22O2/c1-10-5-4-6-13(8-10)17-15-12(3)7-11(2)9-14(15)16/h4-6,8,11-12,14-16H,7,9H2,1-3H3. The highest BCUT2D eigenvalue weighted by Crippen LogP contribution is 2.32. The SMILES string of the molecule is Cc1cccc(OC2C(C)CC(C)CC2O)c1. The van der Waals surface area contributed by atoms with Gasteiger partial charge in [0.1, 0.15) is 11.9 Å². The minimum absolute atomic E-state index is 0.0620. The Bertz CT molecular complexity index is 363. The first-order valence-electron chi connectivity index (χ1n) is 6.47. The van der Waals surface area contributed by atoms with Gasteiger partial charge in [0.25, 0.3) is 0 Å². The van der Waals surface area contributed by atoms with Crippen molar-refractivity contribution in [2.45, 2.75) is 45.8 Å². The summed E-state index contributed by atoms with van der Waals surface area (Å²) in [7, 11) is 0. The van der Waals surface area contributed by atoms with Gasteiger partial charge >= 0.3 is 0 Å². The van der Waals surface area contributed by atoms with Crippen molar-refractivity contribution in [1.82, 2.24) is 0 Å². The van der Waals surface area contributed by atoms with E-state index in [1.165, 1.54) is 5.56 Å². The van der Waals surface area contributed by atoms with Crippen LogP contribution in [-0.4, -0.2) is 17.3 Å². The van der Waals surface area contributed by atoms with Gasteiger partial charge in [-0.2, -0.15) is 0 Å². The second kappa shape index (κ2) is 5.09. The van der Waals surface area contributed by atoms with Gasteiger partial charge in [-0.3, -0.25) is 0 Å². The van der Waals surface area contributed by atoms with E-state index >= 15 is 0 Å². The van der Waals surface area contributed by atoms with Crippen LogP contribution in [0, 0.1) is 18.8 Å². The van der Waals surface area contributed by atoms with Crippen LogP contribution in [0.3, 0.4) is 0 Å². The van der Waals surface area contributed by atoms with E-state index in [1.54, 1.807) is 0 Å². The molecule has 1 aromatic carbocycles. The van der Waals surface area contributed by atoms with Gasteiger partial charge in [-0.05, 0) is 49.3 Å². The zero-order chi connectivity index (χ0) is 12.4. The fourth-order valence-electron chi connectivity index (χ4n) is 2.83. The van der Waals surface area contributed by atoms with Crippen molar-refractivity contribution in [3.05, 3.63) is 29.8 Å². The van der Waals surface area contributed by atoms with Crippen LogP contribution >= 0.6 is 0 Å². The quantitative estimate of drug-likeness (QED) is 0.851. The van der Waals surface area contributed by atoms with Gasteiger partial charge in [0, 0.05) is 0 Å². The van der Waals surface area contributed by atoms with E-state index in [9.17, 15) is 5.11 Å². The van der Waals surface area contributed by atoms with Gasteiger partial charge in [0.2, 0.25) is 0 Å². The highest BCUT2D eigenvalue weighted by molar-refractivity contribution is 5.27. The summed E-state index contributed by atoms with van der Waals surface area (Å²) in [6.07, 6.45) is 1.58. The Labute approximate surface area is 104 Å². The third kappa shape index (κ3) is 3.01. The first-order valence-corrected chi connectivity index (χ1v) is 6.47. The number of aliphatic hydroxyl groups is 1. The van der Waals surface area contributed by atoms with Gasteiger partial charge in [0.05, 0.1) is 6.10 Å². The fraction of sp³-hybridized carbons (Fsp3) is 0.600. The van der Waals surface area contributed by atoms with Gasteiger partial charge in [-0.25, -0.2) is 0 Å². The molecule has 2 nitrogen and oxygen atoms in total. The van der Waals surface area contributed by atoms with E-state index < -0.39 is 0 Å². The Morgan fingerprint density at radius 2 is 2.00 bits per heavy atom. The summed E-state index contributed by atoms with van der Waals surface area (Å²) < 4.78 is 5.96. The molecule has 94 valence electrons. The molecule has 1 fully saturated rings. The molecule has 1 aromatic rings. The summed E-state index contributed by atoms with van der Waals surface area (Å²) in [6, 6.07) is 8.03. The van der Waals surface area contributed by atoms with E-state index in [4.69, 9.17) is 4.74 Å². The van der Waals surface area contributed by atoms with E-state index in [0.717, 1.165) is 18.6 Å². The van der Waals surface area contributed by atoms with Crippen LogP contribution in [0.25, 0.3) is 0 Å². The molecule has 4 atom stereocenters. The highest BCUT2D eigenvalue weighted by Gasteiger charge is 2.34. The molecule has 2 rings (SSSR count). The summed E-state index contributed by atoms with van der Waals surface area (Å²) in [6.45, 7) is 6.41. The fourth-order valence-corrected chi connectivity index (χ4v) is 2.83. The maximum Gasteiger partial charge on any atom is 0.127 e. The third-order valence-corrected chi connectivity index (χ3v) is 3.62. The number of hydrogen-bond acceptors (Lipinski definition) is 2. The van der Waals surface area contributed by atoms with Crippen LogP contribution in [0.5, 0.6) is 5.75 Å². The van der Waals surface area contributed by atoms with Gasteiger partial charge in [-0.1, -0.05) is 26.0 Å². The van der Waals surface area contributed by atoms with Crippen LogP contribution in [0.1, 0.15) is 32.3 Å². The summed E-state index contributed by atoms with van der Waals surface area (Å²) in [4.78, 5) is 0. The Morgan fingerprint density at radius 1 is 1.24 bits per heavy atom. The van der Waals surface area contributed by atoms with Crippen molar-refractivity contribution in [3.8, 4) is 5.75 Å². The minimum Gasteiger partial charge on any atom is -0.487 e. The average molecular weight is 234 g/mol. The smallest absolute Gasteiger partial charge is 0.127 e. The lowest BCUT2D eigenvalue weighted by molar-refractivity contribution is -0.0388. The van der Waals surface area contributed by atoms with Crippen LogP contribution < -0.4 is 4.74 Å². The predicted octanol–water partition coefficient (Wildman–Crippen LogP) is 3.17. The molecule has 0 amide bonds. The molecule has 0 spiro atoms. The first kappa shape index (κ1) is 12.4. The molecule has 0 radical (unpaired) electrons. The topological polar surface area (TPSA) is 29.5 Å². The van der Waals surface area contributed by atoms with E-state index in [0.29, 0.717) is 11.8 Å². The van der Waals surface area contributed by atoms with Gasteiger partial charge < -0.3 is 9.84 Å². The molecule has 0 bridgehead atoms. The zero-order valence-electron chi connectivity index (χ0n) is 10.9. The molecular weight excluding hydrogens is 212 g/mol. The summed E-state index contributed by atoms with van der Waals surface area (Å²) in [5.74, 6) is 1.88. The molecule has 1 N–H and O–H groups in total. The molecule has 1 aliphatic rings. The number of hydrogen-bond donors (Lipinski definition) is 1. The van der Waals surface area contributed by atoms with Crippen LogP contribution in [0.2, 0.25) is 0 Å². The van der Waals surface area contributed by atoms with E-state index in [-0.39, 0.29) is 12.2 Å². The zero-order valence-corrected chi connectivity index (χ0v) is 10.9. The van der Waals surface area contributed by atoms with E-state index in [2.05, 4.69) is 26.8 Å². The molecule has 0 saturated heterocycles. The molecule has 0 aromatic heterocycles. The maximum absolute atomic E-state index is 10.1. The lowest BCUT2D eigenvalue weighted by Crippen LogP contribution is -2.43. The van der Waals surface area contributed by atoms with Crippen molar-refractivity contribution in [3.63, 3.8) is 0 Å². The molecule has 17 heavy (non-hydrogen) atoms. The Hall–Kier alpha value is -1.02. The van der Waals surface area contributed by atoms with Crippen molar-refractivity contribution >= 4 is 0 Å². The lowest BCUT2D eigenvalue weighted by atomic mass is 9.79. The molecule has 1 aliphatic carbocycles. The number of benzene rings is 1. The van der Waals surface area contributed by atoms with Crippen molar-refractivity contribution in [1.29, 1.82) is 0 Å². The van der Waals surface area contributed by atoms with Crippen molar-refractivity contribution < 1.29 is 9.84 Å². The molecule has 0 aliphatic heterocycles. The third-order valence-electron chi connectivity index (χ3n) is 3.62.